The number of carbonyl (C=O) groups is 1. The maximum absolute atomic E-state index is 13.2. The predicted molar refractivity (Wildman–Crippen MR) is 121 cm³/mol. The summed E-state index contributed by atoms with van der Waals surface area (Å²) < 4.78 is 2.63. The summed E-state index contributed by atoms with van der Waals surface area (Å²) >= 11 is 6.26. The third-order valence-corrected chi connectivity index (χ3v) is 6.83. The molecule has 0 aliphatic carbocycles. The van der Waals surface area contributed by atoms with Gasteiger partial charge in [0.2, 0.25) is 5.88 Å². The van der Waals surface area contributed by atoms with Gasteiger partial charge in [0.1, 0.15) is 11.8 Å². The van der Waals surface area contributed by atoms with Crippen LogP contribution in [0.5, 0.6) is 5.88 Å². The van der Waals surface area contributed by atoms with Gasteiger partial charge in [-0.2, -0.15) is 5.26 Å². The topological polar surface area (TPSA) is 146 Å². The number of anilines is 1. The standard InChI is InChI=1S/C22H17ClN6O5/c1-11-16(6-5-12(9-24)18(11)23)28-20(30)19-17-8-15(27(19)22(28)32)10-26(17)21(31)25-13-3-2-4-14(7-13)29(33)34/h2-7,15,17,30H,8,10H2,1H3,(H,25,31)/t15-,17-/m0/s1. The molecule has 34 heavy (non-hydrogen) atoms. The van der Waals surface area contributed by atoms with E-state index in [0.29, 0.717) is 23.4 Å². The molecule has 2 aliphatic rings. The van der Waals surface area contributed by atoms with E-state index >= 15 is 0 Å². The van der Waals surface area contributed by atoms with Crippen molar-refractivity contribution in [2.24, 2.45) is 0 Å². The highest BCUT2D eigenvalue weighted by molar-refractivity contribution is 6.32. The number of nitrogens with one attached hydrogen (secondary N) is 1. The molecule has 1 aromatic heterocycles. The number of fused-ring (bicyclic) bond motifs is 5. The number of amides is 2. The number of aromatic hydroxyl groups is 1. The van der Waals surface area contributed by atoms with E-state index in [-0.39, 0.29) is 40.4 Å². The van der Waals surface area contributed by atoms with E-state index < -0.39 is 22.7 Å². The number of benzene rings is 2. The first-order chi connectivity index (χ1) is 16.2. The molecule has 11 nitrogen and oxygen atoms in total. The van der Waals surface area contributed by atoms with Crippen molar-refractivity contribution in [1.82, 2.24) is 14.0 Å². The van der Waals surface area contributed by atoms with Crippen LogP contribution in [0.2, 0.25) is 5.02 Å². The summed E-state index contributed by atoms with van der Waals surface area (Å²) in [5.74, 6) is -0.297. The van der Waals surface area contributed by atoms with Crippen molar-refractivity contribution in [1.29, 1.82) is 5.26 Å². The van der Waals surface area contributed by atoms with E-state index in [0.717, 1.165) is 4.57 Å². The highest BCUT2D eigenvalue weighted by Crippen LogP contribution is 2.49. The van der Waals surface area contributed by atoms with Crippen LogP contribution in [0, 0.1) is 28.4 Å². The fourth-order valence-corrected chi connectivity index (χ4v) is 4.99. The summed E-state index contributed by atoms with van der Waals surface area (Å²) in [5.41, 5.74) is 1.05. The quantitative estimate of drug-likeness (QED) is 0.432. The highest BCUT2D eigenvalue weighted by atomic mass is 35.5. The van der Waals surface area contributed by atoms with Crippen molar-refractivity contribution >= 4 is 29.0 Å². The molecule has 2 bridgehead atoms. The van der Waals surface area contributed by atoms with Crippen molar-refractivity contribution in [3.8, 4) is 17.6 Å². The first-order valence-electron chi connectivity index (χ1n) is 10.3. The number of nitrogens with zero attached hydrogens (tertiary/aromatic N) is 5. The molecule has 5 rings (SSSR count). The predicted octanol–water partition coefficient (Wildman–Crippen LogP) is 3.62. The van der Waals surface area contributed by atoms with Gasteiger partial charge in [-0.25, -0.2) is 14.2 Å². The Kier molecular flexibility index (Phi) is 4.84. The molecular formula is C22H17ClN6O5. The molecule has 2 atom stereocenters. The number of hydrogen-bond donors (Lipinski definition) is 2. The summed E-state index contributed by atoms with van der Waals surface area (Å²) in [6.07, 6.45) is 0.467. The maximum atomic E-state index is 13.2. The Morgan fingerprint density at radius 2 is 2.12 bits per heavy atom. The van der Waals surface area contributed by atoms with Crippen molar-refractivity contribution in [2.75, 3.05) is 11.9 Å². The number of urea groups is 1. The van der Waals surface area contributed by atoms with Crippen LogP contribution < -0.4 is 11.0 Å². The number of imidazole rings is 1. The lowest BCUT2D eigenvalue weighted by molar-refractivity contribution is -0.384. The van der Waals surface area contributed by atoms with Crippen molar-refractivity contribution in [3.63, 3.8) is 0 Å². The lowest BCUT2D eigenvalue weighted by atomic mass is 10.1. The maximum Gasteiger partial charge on any atom is 0.336 e. The minimum Gasteiger partial charge on any atom is -0.493 e. The number of nitro benzene ring substituents is 1. The summed E-state index contributed by atoms with van der Waals surface area (Å²) in [6, 6.07) is 9.23. The lowest BCUT2D eigenvalue weighted by Gasteiger charge is -2.27. The zero-order valence-corrected chi connectivity index (χ0v) is 18.5. The number of carbonyl (C=O) groups excluding carboxylic acids is 1. The van der Waals surface area contributed by atoms with E-state index in [1.54, 1.807) is 19.1 Å². The van der Waals surface area contributed by atoms with Gasteiger partial charge in [-0.3, -0.25) is 14.7 Å². The average Bonchev–Trinajstić information content (AvgIpc) is 3.48. The van der Waals surface area contributed by atoms with Gasteiger partial charge in [-0.05, 0) is 37.1 Å². The molecule has 0 spiro atoms. The molecule has 0 saturated carbocycles. The lowest BCUT2D eigenvalue weighted by Crippen LogP contribution is -2.40. The van der Waals surface area contributed by atoms with Gasteiger partial charge in [-0.1, -0.05) is 17.7 Å². The number of hydrogen-bond acceptors (Lipinski definition) is 6. The van der Waals surface area contributed by atoms with Gasteiger partial charge in [0.05, 0.1) is 33.3 Å². The third kappa shape index (κ3) is 3.03. The minimum absolute atomic E-state index is 0.152. The molecule has 0 unspecified atom stereocenters. The Morgan fingerprint density at radius 1 is 1.35 bits per heavy atom. The zero-order valence-electron chi connectivity index (χ0n) is 17.7. The summed E-state index contributed by atoms with van der Waals surface area (Å²) in [6.45, 7) is 1.90. The average molecular weight is 481 g/mol. The molecule has 3 heterocycles. The Hall–Kier alpha value is -4.30. The molecule has 2 aliphatic heterocycles. The van der Waals surface area contributed by atoms with Gasteiger partial charge >= 0.3 is 11.7 Å². The molecule has 3 aromatic rings. The van der Waals surface area contributed by atoms with Gasteiger partial charge < -0.3 is 15.3 Å². The number of non-ortho nitro benzene ring substituents is 1. The molecule has 172 valence electrons. The van der Waals surface area contributed by atoms with Crippen molar-refractivity contribution in [2.45, 2.75) is 25.4 Å². The Bertz CT molecular complexity index is 1490. The van der Waals surface area contributed by atoms with E-state index in [1.165, 1.54) is 33.7 Å². The molecule has 0 radical (unpaired) electrons. The summed E-state index contributed by atoms with van der Waals surface area (Å²) in [4.78, 5) is 38.1. The van der Waals surface area contributed by atoms with Gasteiger partial charge in [0.15, 0.2) is 0 Å². The molecule has 12 heteroatoms. The van der Waals surface area contributed by atoms with Gasteiger partial charge in [-0.15, -0.1) is 0 Å². The SMILES string of the molecule is Cc1c(-n2c(O)c3n(c2=O)[C@H]2C[C@@H]3N(C(=O)Nc3cccc([N+](=O)[O-])c3)C2)ccc(C#N)c1Cl. The second kappa shape index (κ2) is 7.64. The molecule has 1 fully saturated rings. The number of rotatable bonds is 3. The number of nitriles is 1. The first-order valence-corrected chi connectivity index (χ1v) is 10.7. The summed E-state index contributed by atoms with van der Waals surface area (Å²) in [7, 11) is 0. The number of aromatic nitrogens is 2. The van der Waals surface area contributed by atoms with Crippen LogP contribution in [-0.2, 0) is 0 Å². The minimum atomic E-state index is -0.551. The Labute approximate surface area is 197 Å². The van der Waals surface area contributed by atoms with Crippen LogP contribution >= 0.6 is 11.6 Å². The molecule has 2 aromatic carbocycles. The fraction of sp³-hybridized carbons (Fsp3) is 0.227. The largest absolute Gasteiger partial charge is 0.493 e. The van der Waals surface area contributed by atoms with E-state index in [9.17, 15) is 30.1 Å². The zero-order chi connectivity index (χ0) is 24.3. The first kappa shape index (κ1) is 21.5. The van der Waals surface area contributed by atoms with Gasteiger partial charge in [0, 0.05) is 24.4 Å². The van der Waals surface area contributed by atoms with E-state index in [2.05, 4.69) is 5.32 Å². The number of halogens is 1. The van der Waals surface area contributed by atoms with Crippen LogP contribution in [0.1, 0.15) is 35.3 Å². The highest BCUT2D eigenvalue weighted by Gasteiger charge is 2.49. The van der Waals surface area contributed by atoms with Crippen molar-refractivity contribution < 1.29 is 14.8 Å². The molecule has 2 amide bonds. The van der Waals surface area contributed by atoms with E-state index in [4.69, 9.17) is 11.6 Å². The third-order valence-electron chi connectivity index (χ3n) is 6.35. The number of nitro groups is 1. The summed E-state index contributed by atoms with van der Waals surface area (Å²) in [5, 5.41) is 34.1. The van der Waals surface area contributed by atoms with E-state index in [1.807, 2.05) is 6.07 Å². The Morgan fingerprint density at radius 3 is 2.82 bits per heavy atom. The smallest absolute Gasteiger partial charge is 0.336 e. The van der Waals surface area contributed by atoms with Crippen LogP contribution in [0.25, 0.3) is 5.69 Å². The molecule has 2 N–H and O–H groups in total. The van der Waals surface area contributed by atoms with Crippen molar-refractivity contribution in [3.05, 3.63) is 78.8 Å². The molecular weight excluding hydrogens is 464 g/mol. The number of likely N-dealkylation sites (tertiary alicyclic amines) is 1. The van der Waals surface area contributed by atoms with Crippen LogP contribution in [0.4, 0.5) is 16.2 Å². The molecule has 1 saturated heterocycles. The Balaban J connectivity index is 1.49. The van der Waals surface area contributed by atoms with Crippen LogP contribution in [0.15, 0.2) is 41.2 Å². The normalized spacial score (nSPS) is 18.0. The monoisotopic (exact) mass is 480 g/mol. The fourth-order valence-electron chi connectivity index (χ4n) is 4.78. The van der Waals surface area contributed by atoms with Crippen LogP contribution in [0.3, 0.4) is 0 Å². The van der Waals surface area contributed by atoms with Gasteiger partial charge in [0.25, 0.3) is 5.69 Å². The second-order valence-electron chi connectivity index (χ2n) is 8.18. The van der Waals surface area contributed by atoms with Crippen LogP contribution in [-0.4, -0.2) is 36.6 Å². The second-order valence-corrected chi connectivity index (χ2v) is 8.55.